The SMILES string of the molecule is C1C2CC3CC1C[NH+](C2)C3.C1COCC[NH2+]1.C1C[NH+]2CCC1CC2.CC[NH+](CC)Cc1ccccc1.C[NH+]1CCOCC1.Cc1cc[nH+]cc1.OCC[NH+](CCO)CCO.c1cc[nH+]cc1.c1ccc2[nH+]cccc2c1. The molecule has 422 valence electrons. The first-order chi connectivity index (χ1) is 37.3. The number of aliphatic hydroxyl groups is 3. The summed E-state index contributed by atoms with van der Waals surface area (Å²) in [5.74, 6) is 4.55. The Morgan fingerprint density at radius 3 is 1.39 bits per heavy atom. The number of quaternary nitrogens is 6. The normalized spacial score (nSPS) is 22.4. The van der Waals surface area contributed by atoms with Crippen LogP contribution in [0, 0.1) is 30.6 Å². The Labute approximate surface area is 458 Å². The minimum atomic E-state index is 0.106. The van der Waals surface area contributed by atoms with E-state index in [0.29, 0.717) is 19.6 Å². The number of aryl methyl sites for hydroxylation is 1. The number of nitrogens with one attached hydrogen (secondary N) is 8. The van der Waals surface area contributed by atoms with Gasteiger partial charge in [-0.05, 0) is 82.9 Å². The standard InChI is InChI=1S/C11H17N.C9H15N.C9H7N.C7H13N.C6H15NO3.C6H7N.C5H11NO.C5H5N.C4H9NO/c1-3-12(4-2)10-11-8-6-5-7-9-11;1-7-2-9-3-8(1)5-10(4-7)6-9;1-2-6-9-8(4-1)5-3-7-10-9;1-4-8-5-2-7(1)3-6-8;8-4-1-7(2-5-9)3-6-10;2*1-6-2-4-7-5-3-6;1-2-4-6-5-3-1;1-3-6-4-2-5-1/h5-9H,3-4,10H2,1-2H3;7-9H,1-6H2;1-7H;7H,1-6H2;8-10H,1-6H2;2-5H,1H3;2-5H2,1H3;1-5H;5H,1-4H2/p+9. The predicted octanol–water partition coefficient (Wildman–Crippen LogP) is -2.35. The Bertz CT molecular complexity index is 1860. The van der Waals surface area contributed by atoms with Crippen LogP contribution >= 0.6 is 0 Å². The first-order valence-corrected chi connectivity index (χ1v) is 29.5. The summed E-state index contributed by atoms with van der Waals surface area (Å²) >= 11 is 0. The van der Waals surface area contributed by atoms with E-state index in [1.54, 1.807) is 29.1 Å². The first kappa shape index (κ1) is 64.2. The summed E-state index contributed by atoms with van der Waals surface area (Å²) in [4.78, 5) is 17.0. The van der Waals surface area contributed by atoms with E-state index in [2.05, 4.69) is 96.6 Å². The Hall–Kier alpha value is -4.29. The van der Waals surface area contributed by atoms with E-state index in [0.717, 1.165) is 74.6 Å². The van der Waals surface area contributed by atoms with Crippen molar-refractivity contribution in [1.82, 2.24) is 0 Å². The lowest BCUT2D eigenvalue weighted by molar-refractivity contribution is -0.929. The summed E-state index contributed by atoms with van der Waals surface area (Å²) in [6.07, 6.45) is 18.8. The number of aromatic nitrogens is 3. The molecule has 13 N–H and O–H groups in total. The van der Waals surface area contributed by atoms with Gasteiger partial charge in [-0.15, -0.1) is 0 Å². The van der Waals surface area contributed by atoms with Crippen LogP contribution in [0.25, 0.3) is 10.9 Å². The van der Waals surface area contributed by atoms with Crippen LogP contribution in [0.1, 0.15) is 63.5 Å². The molecule has 8 aliphatic heterocycles. The molecule has 0 spiro atoms. The molecule has 6 bridgehead atoms. The van der Waals surface area contributed by atoms with Gasteiger partial charge in [0.1, 0.15) is 39.3 Å². The van der Waals surface area contributed by atoms with Gasteiger partial charge in [-0.3, -0.25) is 0 Å². The Morgan fingerprint density at radius 1 is 0.539 bits per heavy atom. The van der Waals surface area contributed by atoms with Gasteiger partial charge in [0, 0.05) is 65.1 Å². The van der Waals surface area contributed by atoms with Crippen molar-refractivity contribution >= 4 is 10.9 Å². The summed E-state index contributed by atoms with van der Waals surface area (Å²) < 4.78 is 10.2. The monoisotopic (exact) mass is 1060 g/mol. The topological polar surface area (TPSA) is 160 Å². The van der Waals surface area contributed by atoms with Crippen LogP contribution in [-0.4, -0.2) is 167 Å². The number of likely N-dealkylation sites (N-methyl/N-ethyl adjacent to an activating group) is 1. The molecular formula is C62H108N9O5+9. The highest BCUT2D eigenvalue weighted by molar-refractivity contribution is 5.74. The number of aromatic amines is 3. The third kappa shape index (κ3) is 29.5. The van der Waals surface area contributed by atoms with Crippen molar-refractivity contribution in [2.75, 3.05) is 151 Å². The van der Waals surface area contributed by atoms with Crippen molar-refractivity contribution in [2.45, 2.75) is 65.8 Å². The Kier molecular flexibility index (Phi) is 35.3. The average Bonchev–Trinajstić information content (AvgIpc) is 3.48. The number of benzene rings is 2. The van der Waals surface area contributed by atoms with Crippen molar-refractivity contribution in [3.63, 3.8) is 0 Å². The molecule has 0 amide bonds. The molecule has 14 nitrogen and oxygen atoms in total. The molecule has 76 heavy (non-hydrogen) atoms. The second-order valence-electron chi connectivity index (χ2n) is 21.6. The number of hydrogen-bond donors (Lipinski definition) is 9. The number of hydrogen-bond acceptors (Lipinski definition) is 5. The number of ether oxygens (including phenoxy) is 2. The minimum Gasteiger partial charge on any atom is -0.391 e. The van der Waals surface area contributed by atoms with Gasteiger partial charge in [0.2, 0.25) is 5.52 Å². The molecule has 11 heterocycles. The third-order valence-corrected chi connectivity index (χ3v) is 15.5. The molecule has 3 aromatic heterocycles. The van der Waals surface area contributed by atoms with E-state index >= 15 is 0 Å². The number of para-hydroxylation sites is 1. The first-order valence-electron chi connectivity index (χ1n) is 29.5. The maximum atomic E-state index is 8.51. The molecule has 8 saturated heterocycles. The molecule has 9 aliphatic rings. The second kappa shape index (κ2) is 41.8. The molecule has 0 unspecified atom stereocenters. The van der Waals surface area contributed by atoms with E-state index in [4.69, 9.17) is 24.8 Å². The molecule has 14 heteroatoms. The van der Waals surface area contributed by atoms with E-state index < -0.39 is 0 Å². The van der Waals surface area contributed by atoms with Crippen LogP contribution in [0.5, 0.6) is 0 Å². The number of rotatable bonds is 10. The van der Waals surface area contributed by atoms with Gasteiger partial charge in [0.05, 0.1) is 119 Å². The number of H-pyrrole nitrogens is 3. The number of pyridine rings is 3. The zero-order chi connectivity index (χ0) is 54.1. The zero-order valence-corrected chi connectivity index (χ0v) is 47.7. The van der Waals surface area contributed by atoms with Crippen molar-refractivity contribution in [3.05, 3.63) is 139 Å². The van der Waals surface area contributed by atoms with Crippen molar-refractivity contribution in [2.24, 2.45) is 23.7 Å². The van der Waals surface area contributed by atoms with Gasteiger partial charge < -0.3 is 54.6 Å². The van der Waals surface area contributed by atoms with Crippen LogP contribution in [0.3, 0.4) is 0 Å². The molecule has 1 saturated carbocycles. The minimum absolute atomic E-state index is 0.106. The van der Waals surface area contributed by atoms with Crippen molar-refractivity contribution in [1.29, 1.82) is 0 Å². The Balaban J connectivity index is 0.000000186. The van der Waals surface area contributed by atoms with Crippen LogP contribution < -0.4 is 44.8 Å². The lowest BCUT2D eigenvalue weighted by atomic mass is 9.68. The zero-order valence-electron chi connectivity index (χ0n) is 47.7. The van der Waals surface area contributed by atoms with Gasteiger partial charge in [0.15, 0.2) is 31.0 Å². The van der Waals surface area contributed by atoms with E-state index in [1.807, 2.05) is 89.3 Å². The van der Waals surface area contributed by atoms with E-state index in [-0.39, 0.29) is 19.8 Å². The Morgan fingerprint density at radius 2 is 1.04 bits per heavy atom. The molecule has 0 radical (unpaired) electrons. The van der Waals surface area contributed by atoms with Crippen LogP contribution in [0.15, 0.2) is 128 Å². The lowest BCUT2D eigenvalue weighted by Crippen LogP contribution is -3.17. The van der Waals surface area contributed by atoms with Gasteiger partial charge in [0.25, 0.3) is 0 Å². The number of morpholine rings is 2. The molecule has 9 fully saturated rings. The molecule has 14 rings (SSSR count). The predicted molar refractivity (Wildman–Crippen MR) is 303 cm³/mol. The lowest BCUT2D eigenvalue weighted by Gasteiger charge is -2.48. The third-order valence-electron chi connectivity index (χ3n) is 15.5. The molecule has 1 aliphatic carbocycles. The summed E-state index contributed by atoms with van der Waals surface area (Å²) in [5, 5.41) is 29.0. The highest BCUT2D eigenvalue weighted by Gasteiger charge is 2.43. The fourth-order valence-corrected chi connectivity index (χ4v) is 11.1. The smallest absolute Gasteiger partial charge is 0.210 e. The van der Waals surface area contributed by atoms with Crippen molar-refractivity contribution < 1.29 is 69.6 Å². The van der Waals surface area contributed by atoms with E-state index in [1.165, 1.54) is 107 Å². The second-order valence-corrected chi connectivity index (χ2v) is 21.6. The highest BCUT2D eigenvalue weighted by atomic mass is 16.5. The average molecular weight is 1060 g/mol. The molecule has 5 aromatic rings. The van der Waals surface area contributed by atoms with E-state index in [9.17, 15) is 0 Å². The van der Waals surface area contributed by atoms with Gasteiger partial charge >= 0.3 is 0 Å². The maximum absolute atomic E-state index is 8.51. The van der Waals surface area contributed by atoms with Crippen LogP contribution in [0.2, 0.25) is 0 Å². The molecule has 0 atom stereocenters. The van der Waals surface area contributed by atoms with Gasteiger partial charge in [-0.1, -0.05) is 48.5 Å². The summed E-state index contributed by atoms with van der Waals surface area (Å²) in [7, 11) is 2.20. The number of aliphatic hydroxyl groups excluding tert-OH is 3. The fraction of sp³-hybridized carbons (Fsp3) is 0.597. The van der Waals surface area contributed by atoms with Gasteiger partial charge in [-0.2, -0.15) is 0 Å². The van der Waals surface area contributed by atoms with Crippen LogP contribution in [0.4, 0.5) is 0 Å². The fourth-order valence-electron chi connectivity index (χ4n) is 11.1. The number of nitrogens with two attached hydrogens (primary N) is 1. The van der Waals surface area contributed by atoms with Gasteiger partial charge in [-0.25, -0.2) is 15.0 Å². The molecule has 2 aromatic carbocycles. The van der Waals surface area contributed by atoms with Crippen LogP contribution in [-0.2, 0) is 16.0 Å². The molecular weight excluding hydrogens is 951 g/mol. The summed E-state index contributed by atoms with van der Waals surface area (Å²) in [6, 6.07) is 32.9. The maximum Gasteiger partial charge on any atom is 0.210 e. The highest BCUT2D eigenvalue weighted by Crippen LogP contribution is 2.36. The quantitative estimate of drug-likeness (QED) is 0.0767. The van der Waals surface area contributed by atoms with Crippen molar-refractivity contribution in [3.8, 4) is 0 Å². The summed E-state index contributed by atoms with van der Waals surface area (Å²) in [6.45, 7) is 29.7. The number of fused-ring (bicyclic) bond motifs is 4. The largest absolute Gasteiger partial charge is 0.391 e. The number of piperidine rings is 6. The summed E-state index contributed by atoms with van der Waals surface area (Å²) in [5.41, 5.74) is 3.92.